The number of ether oxygens (including phenoxy) is 3. The molecular weight excluding hydrogens is 320 g/mol. The summed E-state index contributed by atoms with van der Waals surface area (Å²) in [7, 11) is 0. The van der Waals surface area contributed by atoms with E-state index in [1.165, 1.54) is 11.1 Å². The number of carbonyl (C=O) groups excluding carboxylic acids is 1. The molecule has 0 fully saturated rings. The fourth-order valence-corrected chi connectivity index (χ4v) is 3.14. The van der Waals surface area contributed by atoms with Crippen LogP contribution in [0.3, 0.4) is 0 Å². The van der Waals surface area contributed by atoms with E-state index in [1.807, 2.05) is 13.0 Å². The normalized spacial score (nSPS) is 15.2. The predicted octanol–water partition coefficient (Wildman–Crippen LogP) is 3.10. The molecule has 0 radical (unpaired) electrons. The molecular formula is C19H20N2O4. The van der Waals surface area contributed by atoms with Crippen LogP contribution in [0, 0.1) is 0 Å². The maximum atomic E-state index is 12.2. The van der Waals surface area contributed by atoms with Gasteiger partial charge in [0.25, 0.3) is 0 Å². The van der Waals surface area contributed by atoms with Crippen molar-refractivity contribution in [1.29, 1.82) is 0 Å². The van der Waals surface area contributed by atoms with Crippen molar-refractivity contribution in [2.24, 2.45) is 0 Å². The molecule has 2 aromatic carbocycles. The zero-order chi connectivity index (χ0) is 17.2. The monoisotopic (exact) mass is 340 g/mol. The highest BCUT2D eigenvalue weighted by atomic mass is 16.7. The minimum Gasteiger partial charge on any atom is -0.493 e. The molecule has 4 rings (SSSR count). The number of amides is 2. The van der Waals surface area contributed by atoms with Crippen molar-refractivity contribution in [3.05, 3.63) is 47.5 Å². The van der Waals surface area contributed by atoms with Gasteiger partial charge in [-0.05, 0) is 42.7 Å². The van der Waals surface area contributed by atoms with Crippen LogP contribution in [0.25, 0.3) is 0 Å². The second kappa shape index (κ2) is 6.55. The summed E-state index contributed by atoms with van der Waals surface area (Å²) >= 11 is 0. The van der Waals surface area contributed by atoms with Crippen molar-refractivity contribution in [2.75, 3.05) is 18.7 Å². The van der Waals surface area contributed by atoms with Crippen molar-refractivity contribution >= 4 is 11.7 Å². The van der Waals surface area contributed by atoms with Gasteiger partial charge in [-0.25, -0.2) is 4.79 Å². The zero-order valence-corrected chi connectivity index (χ0v) is 14.0. The van der Waals surface area contributed by atoms with E-state index < -0.39 is 0 Å². The lowest BCUT2D eigenvalue weighted by molar-refractivity contribution is 0.174. The van der Waals surface area contributed by atoms with Crippen LogP contribution in [0.15, 0.2) is 36.4 Å². The molecule has 2 aliphatic heterocycles. The number of hydrogen-bond acceptors (Lipinski definition) is 4. The average molecular weight is 340 g/mol. The van der Waals surface area contributed by atoms with Gasteiger partial charge in [-0.15, -0.1) is 0 Å². The Labute approximate surface area is 146 Å². The lowest BCUT2D eigenvalue weighted by atomic mass is 10.0. The van der Waals surface area contributed by atoms with Gasteiger partial charge in [-0.1, -0.05) is 12.1 Å². The third kappa shape index (κ3) is 3.47. The molecule has 0 aliphatic carbocycles. The van der Waals surface area contributed by atoms with Gasteiger partial charge in [0, 0.05) is 24.2 Å². The van der Waals surface area contributed by atoms with E-state index in [1.54, 1.807) is 18.2 Å². The second-order valence-electron chi connectivity index (χ2n) is 6.31. The Balaban J connectivity index is 1.33. The summed E-state index contributed by atoms with van der Waals surface area (Å²) in [5.41, 5.74) is 3.11. The smallest absolute Gasteiger partial charge is 0.319 e. The van der Waals surface area contributed by atoms with E-state index in [0.717, 1.165) is 25.2 Å². The van der Waals surface area contributed by atoms with Gasteiger partial charge in [-0.3, -0.25) is 0 Å². The Hall–Kier alpha value is -2.89. The molecule has 0 saturated heterocycles. The van der Waals surface area contributed by atoms with Crippen LogP contribution in [0.4, 0.5) is 10.5 Å². The van der Waals surface area contributed by atoms with Gasteiger partial charge in [0.1, 0.15) is 5.75 Å². The molecule has 2 amide bonds. The van der Waals surface area contributed by atoms with E-state index in [9.17, 15) is 4.79 Å². The lowest BCUT2D eigenvalue weighted by Gasteiger charge is -2.15. The maximum absolute atomic E-state index is 12.2. The first kappa shape index (κ1) is 15.6. The molecule has 6 heteroatoms. The average Bonchev–Trinajstić information content (AvgIpc) is 3.22. The van der Waals surface area contributed by atoms with Crippen molar-refractivity contribution in [3.8, 4) is 17.2 Å². The molecule has 1 atom stereocenters. The number of carbonyl (C=O) groups is 1. The third-order valence-electron chi connectivity index (χ3n) is 4.30. The molecule has 130 valence electrons. The number of urea groups is 1. The molecule has 2 aliphatic rings. The van der Waals surface area contributed by atoms with Crippen LogP contribution >= 0.6 is 0 Å². The number of anilines is 1. The highest BCUT2D eigenvalue weighted by Gasteiger charge is 2.16. The minimum atomic E-state index is -0.240. The quantitative estimate of drug-likeness (QED) is 0.897. The number of hydrogen-bond donors (Lipinski definition) is 2. The molecule has 25 heavy (non-hydrogen) atoms. The fourth-order valence-electron chi connectivity index (χ4n) is 3.14. The molecule has 0 aromatic heterocycles. The minimum absolute atomic E-state index is 0.00869. The van der Waals surface area contributed by atoms with Gasteiger partial charge in [0.05, 0.1) is 6.61 Å². The Morgan fingerprint density at radius 3 is 2.84 bits per heavy atom. The summed E-state index contributed by atoms with van der Waals surface area (Å²) in [5, 5.41) is 5.78. The van der Waals surface area contributed by atoms with Crippen LogP contribution in [0.2, 0.25) is 0 Å². The molecule has 0 saturated carbocycles. The zero-order valence-electron chi connectivity index (χ0n) is 14.0. The van der Waals surface area contributed by atoms with Crippen molar-refractivity contribution in [1.82, 2.24) is 5.32 Å². The van der Waals surface area contributed by atoms with Crippen molar-refractivity contribution in [3.63, 3.8) is 0 Å². The van der Waals surface area contributed by atoms with Crippen LogP contribution in [0.1, 0.15) is 18.1 Å². The molecule has 2 N–H and O–H groups in total. The standard InChI is InChI=1S/C19H20N2O4/c1-12(8-13-2-4-16-14(9-13)6-7-23-16)20-19(22)21-15-3-5-17-18(10-15)25-11-24-17/h2-5,9-10,12H,6-8,11H2,1H3,(H2,20,21,22). The first-order chi connectivity index (χ1) is 12.2. The van der Waals surface area contributed by atoms with E-state index in [4.69, 9.17) is 14.2 Å². The largest absolute Gasteiger partial charge is 0.493 e. The number of nitrogens with one attached hydrogen (secondary N) is 2. The second-order valence-corrected chi connectivity index (χ2v) is 6.31. The van der Waals surface area contributed by atoms with E-state index in [2.05, 4.69) is 22.8 Å². The molecule has 2 heterocycles. The van der Waals surface area contributed by atoms with Crippen molar-refractivity contribution < 1.29 is 19.0 Å². The highest BCUT2D eigenvalue weighted by Crippen LogP contribution is 2.34. The van der Waals surface area contributed by atoms with Crippen LogP contribution in [0.5, 0.6) is 17.2 Å². The first-order valence-electron chi connectivity index (χ1n) is 8.39. The molecule has 2 aromatic rings. The van der Waals surface area contributed by atoms with Gasteiger partial charge in [-0.2, -0.15) is 0 Å². The van der Waals surface area contributed by atoms with Gasteiger partial charge in [0.15, 0.2) is 11.5 Å². The third-order valence-corrected chi connectivity index (χ3v) is 4.30. The van der Waals surface area contributed by atoms with E-state index >= 15 is 0 Å². The summed E-state index contributed by atoms with van der Waals surface area (Å²) in [5.74, 6) is 2.32. The Morgan fingerprint density at radius 2 is 1.92 bits per heavy atom. The summed E-state index contributed by atoms with van der Waals surface area (Å²) in [4.78, 5) is 12.2. The number of rotatable bonds is 4. The summed E-state index contributed by atoms with van der Waals surface area (Å²) in [6.07, 6.45) is 1.72. The Morgan fingerprint density at radius 1 is 1.08 bits per heavy atom. The Bertz CT molecular complexity index is 806. The summed E-state index contributed by atoms with van der Waals surface area (Å²) < 4.78 is 16.1. The van der Waals surface area contributed by atoms with E-state index in [-0.39, 0.29) is 18.9 Å². The van der Waals surface area contributed by atoms with Crippen LogP contribution in [-0.2, 0) is 12.8 Å². The summed E-state index contributed by atoms with van der Waals surface area (Å²) in [6.45, 7) is 2.96. The topological polar surface area (TPSA) is 68.8 Å². The van der Waals surface area contributed by atoms with Gasteiger partial charge >= 0.3 is 6.03 Å². The molecule has 1 unspecified atom stereocenters. The van der Waals surface area contributed by atoms with Crippen molar-refractivity contribution in [2.45, 2.75) is 25.8 Å². The molecule has 6 nitrogen and oxygen atoms in total. The SMILES string of the molecule is CC(Cc1ccc2c(c1)CCO2)NC(=O)Nc1ccc2c(c1)OCO2. The highest BCUT2D eigenvalue weighted by molar-refractivity contribution is 5.89. The van der Waals surface area contributed by atoms with Gasteiger partial charge < -0.3 is 24.8 Å². The van der Waals surface area contributed by atoms with Crippen LogP contribution in [-0.4, -0.2) is 25.5 Å². The Kier molecular flexibility index (Phi) is 4.09. The fraction of sp³-hybridized carbons (Fsp3) is 0.316. The summed E-state index contributed by atoms with van der Waals surface area (Å²) in [6, 6.07) is 11.3. The van der Waals surface area contributed by atoms with Gasteiger partial charge in [0.2, 0.25) is 6.79 Å². The maximum Gasteiger partial charge on any atom is 0.319 e. The number of fused-ring (bicyclic) bond motifs is 2. The predicted molar refractivity (Wildman–Crippen MR) is 93.5 cm³/mol. The number of benzene rings is 2. The van der Waals surface area contributed by atoms with E-state index in [0.29, 0.717) is 17.2 Å². The molecule has 0 bridgehead atoms. The first-order valence-corrected chi connectivity index (χ1v) is 8.39. The lowest BCUT2D eigenvalue weighted by Crippen LogP contribution is -2.37. The van der Waals surface area contributed by atoms with Crippen LogP contribution < -0.4 is 24.8 Å². The molecule has 0 spiro atoms.